The number of aromatic nitrogens is 2. The highest BCUT2D eigenvalue weighted by Crippen LogP contribution is 2.36. The van der Waals surface area contributed by atoms with E-state index < -0.39 is 0 Å². The van der Waals surface area contributed by atoms with E-state index in [0.717, 1.165) is 5.56 Å². The van der Waals surface area contributed by atoms with Crippen LogP contribution in [0.5, 0.6) is 11.5 Å². The lowest BCUT2D eigenvalue weighted by atomic mass is 9.92. The van der Waals surface area contributed by atoms with Gasteiger partial charge in [0.1, 0.15) is 0 Å². The molecule has 2 aliphatic rings. The summed E-state index contributed by atoms with van der Waals surface area (Å²) in [6.45, 7) is 5.48. The molecule has 1 aromatic heterocycles. The van der Waals surface area contributed by atoms with Gasteiger partial charge < -0.3 is 19.5 Å². The summed E-state index contributed by atoms with van der Waals surface area (Å²) >= 11 is 0. The number of hydrogen-bond donors (Lipinski definition) is 1. The number of fused-ring (bicyclic) bond motifs is 1. The van der Waals surface area contributed by atoms with Crippen LogP contribution < -0.4 is 9.47 Å². The van der Waals surface area contributed by atoms with E-state index >= 15 is 0 Å². The predicted octanol–water partition coefficient (Wildman–Crippen LogP) is 2.04. The molecule has 1 fully saturated rings. The van der Waals surface area contributed by atoms with Crippen molar-refractivity contribution in [1.29, 1.82) is 0 Å². The number of aliphatic hydroxyl groups is 1. The molecule has 0 spiro atoms. The molecule has 1 aromatic carbocycles. The second kappa shape index (κ2) is 6.64. The Morgan fingerprint density at radius 1 is 1.31 bits per heavy atom. The second-order valence-electron chi connectivity index (χ2n) is 7.17. The zero-order valence-electron chi connectivity index (χ0n) is 15.0. The molecular formula is C19H23N3O4. The maximum absolute atomic E-state index is 12.9. The van der Waals surface area contributed by atoms with Crippen LogP contribution in [0.4, 0.5) is 0 Å². The Morgan fingerprint density at radius 2 is 2.12 bits per heavy atom. The topological polar surface area (TPSA) is 76.8 Å². The fourth-order valence-electron chi connectivity index (χ4n) is 3.64. The Bertz CT molecular complexity index is 817. The molecule has 0 radical (unpaired) electrons. The van der Waals surface area contributed by atoms with Gasteiger partial charge in [-0.3, -0.25) is 9.48 Å². The molecule has 0 aliphatic carbocycles. The molecule has 0 saturated carbocycles. The Hall–Kier alpha value is -2.54. The first-order valence-corrected chi connectivity index (χ1v) is 8.90. The SMILES string of the molecule is CC(C)n1cc([C@@H]2CN(C(=O)c3ccc4c(c3)OCO4)C[C@H]2CO)cn1. The normalized spacial score (nSPS) is 21.6. The quantitative estimate of drug-likeness (QED) is 0.906. The molecule has 2 aromatic rings. The van der Waals surface area contributed by atoms with Crippen LogP contribution in [-0.2, 0) is 0 Å². The summed E-state index contributed by atoms with van der Waals surface area (Å²) in [4.78, 5) is 14.7. The number of carbonyl (C=O) groups excluding carboxylic acids is 1. The van der Waals surface area contributed by atoms with Crippen LogP contribution >= 0.6 is 0 Å². The second-order valence-corrected chi connectivity index (χ2v) is 7.17. The predicted molar refractivity (Wildman–Crippen MR) is 94.4 cm³/mol. The number of hydrogen-bond acceptors (Lipinski definition) is 5. The number of nitrogens with zero attached hydrogens (tertiary/aromatic N) is 3. The minimum Gasteiger partial charge on any atom is -0.454 e. The molecule has 7 nitrogen and oxygen atoms in total. The van der Waals surface area contributed by atoms with E-state index in [1.807, 2.05) is 17.1 Å². The number of carbonyl (C=O) groups is 1. The molecule has 4 rings (SSSR count). The lowest BCUT2D eigenvalue weighted by Gasteiger charge is -2.16. The summed E-state index contributed by atoms with van der Waals surface area (Å²) in [6.07, 6.45) is 3.87. The largest absolute Gasteiger partial charge is 0.454 e. The van der Waals surface area contributed by atoms with Crippen molar-refractivity contribution < 1.29 is 19.4 Å². The molecule has 1 saturated heterocycles. The van der Waals surface area contributed by atoms with E-state index in [0.29, 0.717) is 30.2 Å². The van der Waals surface area contributed by atoms with Gasteiger partial charge >= 0.3 is 0 Å². The molecule has 7 heteroatoms. The summed E-state index contributed by atoms with van der Waals surface area (Å²) in [6, 6.07) is 5.53. The summed E-state index contributed by atoms with van der Waals surface area (Å²) in [5.74, 6) is 1.31. The Labute approximate surface area is 152 Å². The van der Waals surface area contributed by atoms with Crippen molar-refractivity contribution in [2.24, 2.45) is 5.92 Å². The average molecular weight is 357 g/mol. The van der Waals surface area contributed by atoms with Crippen molar-refractivity contribution in [2.45, 2.75) is 25.8 Å². The number of ether oxygens (including phenoxy) is 2. The van der Waals surface area contributed by atoms with E-state index in [1.54, 1.807) is 23.1 Å². The summed E-state index contributed by atoms with van der Waals surface area (Å²) in [7, 11) is 0. The number of aliphatic hydroxyl groups excluding tert-OH is 1. The van der Waals surface area contributed by atoms with Crippen molar-refractivity contribution in [2.75, 3.05) is 26.5 Å². The van der Waals surface area contributed by atoms with E-state index in [2.05, 4.69) is 18.9 Å². The zero-order chi connectivity index (χ0) is 18.3. The highest BCUT2D eigenvalue weighted by molar-refractivity contribution is 5.95. The minimum absolute atomic E-state index is 0.0118. The molecule has 2 atom stereocenters. The first-order valence-electron chi connectivity index (χ1n) is 8.90. The van der Waals surface area contributed by atoms with Crippen LogP contribution in [-0.4, -0.2) is 52.2 Å². The van der Waals surface area contributed by atoms with Crippen molar-refractivity contribution in [3.05, 3.63) is 41.7 Å². The van der Waals surface area contributed by atoms with Gasteiger partial charge in [0.25, 0.3) is 5.91 Å². The van der Waals surface area contributed by atoms with Gasteiger partial charge in [-0.05, 0) is 37.6 Å². The zero-order valence-corrected chi connectivity index (χ0v) is 15.0. The van der Waals surface area contributed by atoms with Gasteiger partial charge in [-0.2, -0.15) is 5.10 Å². The summed E-state index contributed by atoms with van der Waals surface area (Å²) in [5, 5.41) is 14.2. The number of amides is 1. The van der Waals surface area contributed by atoms with Gasteiger partial charge in [0.2, 0.25) is 6.79 Å². The van der Waals surface area contributed by atoms with Gasteiger partial charge in [-0.25, -0.2) is 0 Å². The third-order valence-electron chi connectivity index (χ3n) is 5.16. The van der Waals surface area contributed by atoms with Crippen molar-refractivity contribution in [3.8, 4) is 11.5 Å². The van der Waals surface area contributed by atoms with Gasteiger partial charge in [-0.1, -0.05) is 0 Å². The highest BCUT2D eigenvalue weighted by atomic mass is 16.7. The molecule has 138 valence electrons. The van der Waals surface area contributed by atoms with E-state index in [4.69, 9.17) is 9.47 Å². The van der Waals surface area contributed by atoms with Gasteiger partial charge in [-0.15, -0.1) is 0 Å². The van der Waals surface area contributed by atoms with Crippen LogP contribution in [0.25, 0.3) is 0 Å². The Kier molecular flexibility index (Phi) is 4.32. The molecule has 26 heavy (non-hydrogen) atoms. The summed E-state index contributed by atoms with van der Waals surface area (Å²) in [5.41, 5.74) is 1.64. The van der Waals surface area contributed by atoms with Crippen LogP contribution in [0, 0.1) is 5.92 Å². The standard InChI is InChI=1S/C19H23N3O4/c1-12(2)22-8-14(6-20-22)16-9-21(7-15(16)10-23)19(24)13-3-4-17-18(5-13)26-11-25-17/h3-6,8,12,15-16,23H,7,9-11H2,1-2H3/t15-,16-/m0/s1. The molecule has 0 unspecified atom stereocenters. The van der Waals surface area contributed by atoms with Crippen LogP contribution in [0.15, 0.2) is 30.6 Å². The highest BCUT2D eigenvalue weighted by Gasteiger charge is 2.37. The molecular weight excluding hydrogens is 334 g/mol. The van der Waals surface area contributed by atoms with E-state index in [1.165, 1.54) is 0 Å². The number of rotatable bonds is 4. The van der Waals surface area contributed by atoms with Crippen molar-refractivity contribution in [3.63, 3.8) is 0 Å². The maximum Gasteiger partial charge on any atom is 0.254 e. The number of likely N-dealkylation sites (tertiary alicyclic amines) is 1. The Balaban J connectivity index is 1.53. The van der Waals surface area contributed by atoms with Crippen molar-refractivity contribution in [1.82, 2.24) is 14.7 Å². The monoisotopic (exact) mass is 357 g/mol. The van der Waals surface area contributed by atoms with Crippen LogP contribution in [0.2, 0.25) is 0 Å². The maximum atomic E-state index is 12.9. The molecule has 0 bridgehead atoms. The van der Waals surface area contributed by atoms with Gasteiger partial charge in [0.15, 0.2) is 11.5 Å². The first kappa shape index (κ1) is 16.9. The number of benzene rings is 1. The van der Waals surface area contributed by atoms with Crippen LogP contribution in [0.3, 0.4) is 0 Å². The lowest BCUT2D eigenvalue weighted by molar-refractivity contribution is 0.0781. The smallest absolute Gasteiger partial charge is 0.254 e. The first-order chi connectivity index (χ1) is 12.6. The van der Waals surface area contributed by atoms with Gasteiger partial charge in [0.05, 0.1) is 6.20 Å². The van der Waals surface area contributed by atoms with Crippen molar-refractivity contribution >= 4 is 5.91 Å². The fraction of sp³-hybridized carbons (Fsp3) is 0.474. The third-order valence-corrected chi connectivity index (χ3v) is 5.16. The summed E-state index contributed by atoms with van der Waals surface area (Å²) < 4.78 is 12.6. The molecule has 1 N–H and O–H groups in total. The molecule has 3 heterocycles. The van der Waals surface area contributed by atoms with E-state index in [9.17, 15) is 9.90 Å². The van der Waals surface area contributed by atoms with Gasteiger partial charge in [0, 0.05) is 49.3 Å². The van der Waals surface area contributed by atoms with E-state index in [-0.39, 0.29) is 37.2 Å². The lowest BCUT2D eigenvalue weighted by Crippen LogP contribution is -2.29. The fourth-order valence-corrected chi connectivity index (χ4v) is 3.64. The average Bonchev–Trinajstić information content (AvgIpc) is 3.37. The Morgan fingerprint density at radius 3 is 2.85 bits per heavy atom. The molecule has 2 aliphatic heterocycles. The third kappa shape index (κ3) is 2.92. The van der Waals surface area contributed by atoms with Crippen LogP contribution in [0.1, 0.15) is 41.7 Å². The molecule has 1 amide bonds. The minimum atomic E-state index is -0.0551.